The van der Waals surface area contributed by atoms with Crippen LogP contribution in [0.1, 0.15) is 8.30 Å². The summed E-state index contributed by atoms with van der Waals surface area (Å²) in [4.78, 5) is 0. The molecule has 1 aromatic rings. The zero-order valence-corrected chi connectivity index (χ0v) is 6.42. The summed E-state index contributed by atoms with van der Waals surface area (Å²) in [5.74, 6) is 0. The van der Waals surface area contributed by atoms with Crippen LogP contribution in [0.25, 0.3) is 0 Å². The molecule has 0 atom stereocenters. The van der Waals surface area contributed by atoms with Gasteiger partial charge in [-0.2, -0.15) is 13.2 Å². The Kier molecular flexibility index (Phi) is 1.57. The fraction of sp³-hybridized carbons (Fsp3) is 0.143. The first-order valence-corrected chi connectivity index (χ1v) is 3.25. The molecule has 1 rings (SSSR count). The molecule has 0 heterocycles. The van der Waals surface area contributed by atoms with E-state index in [1.807, 2.05) is 0 Å². The van der Waals surface area contributed by atoms with Gasteiger partial charge in [0.1, 0.15) is 0 Å². The summed E-state index contributed by atoms with van der Waals surface area (Å²) in [6.45, 7) is 0. The molecule has 0 fully saturated rings. The summed E-state index contributed by atoms with van der Waals surface area (Å²) in [5, 5.41) is -0.679. The standard InChI is InChI=1S/C7H5ClF3N/c8-6-2-1-4(12)3-5(6)7(9,10)11/h1-3H,12H2/i1D,3D. The molecule has 0 aromatic heterocycles. The van der Waals surface area contributed by atoms with Crippen LogP contribution < -0.4 is 5.73 Å². The smallest absolute Gasteiger partial charge is 0.399 e. The van der Waals surface area contributed by atoms with Gasteiger partial charge in [0.25, 0.3) is 0 Å². The van der Waals surface area contributed by atoms with Gasteiger partial charge in [0, 0.05) is 5.69 Å². The first-order valence-electron chi connectivity index (χ1n) is 3.87. The van der Waals surface area contributed by atoms with E-state index in [0.29, 0.717) is 0 Å². The van der Waals surface area contributed by atoms with Crippen molar-refractivity contribution in [3.63, 3.8) is 0 Å². The van der Waals surface area contributed by atoms with E-state index in [4.69, 9.17) is 20.1 Å². The monoisotopic (exact) mass is 197 g/mol. The summed E-state index contributed by atoms with van der Waals surface area (Å²) >= 11 is 5.28. The molecule has 1 aromatic carbocycles. The Morgan fingerprint density at radius 3 is 2.58 bits per heavy atom. The van der Waals surface area contributed by atoms with Crippen LogP contribution in [0, 0.1) is 0 Å². The molecule has 0 unspecified atom stereocenters. The Morgan fingerprint density at radius 1 is 1.50 bits per heavy atom. The zero-order chi connectivity index (χ0) is 11.1. The maximum absolute atomic E-state index is 12.3. The molecule has 0 radical (unpaired) electrons. The van der Waals surface area contributed by atoms with Gasteiger partial charge < -0.3 is 5.73 Å². The van der Waals surface area contributed by atoms with Gasteiger partial charge in [-0.15, -0.1) is 0 Å². The average Bonchev–Trinajstić information content (AvgIpc) is 1.97. The lowest BCUT2D eigenvalue weighted by atomic mass is 10.2. The Hall–Kier alpha value is -0.900. The van der Waals surface area contributed by atoms with Gasteiger partial charge >= 0.3 is 6.18 Å². The van der Waals surface area contributed by atoms with Crippen molar-refractivity contribution in [1.82, 2.24) is 0 Å². The second kappa shape index (κ2) is 2.86. The summed E-state index contributed by atoms with van der Waals surface area (Å²) in [7, 11) is 0. The molecule has 5 heteroatoms. The van der Waals surface area contributed by atoms with Gasteiger partial charge in [0.15, 0.2) is 0 Å². The van der Waals surface area contributed by atoms with Crippen molar-refractivity contribution in [2.45, 2.75) is 6.18 Å². The van der Waals surface area contributed by atoms with Gasteiger partial charge in [0.2, 0.25) is 0 Å². The van der Waals surface area contributed by atoms with Gasteiger partial charge in [-0.05, 0) is 18.2 Å². The second-order valence-electron chi connectivity index (χ2n) is 2.05. The van der Waals surface area contributed by atoms with E-state index < -0.39 is 28.5 Å². The van der Waals surface area contributed by atoms with Crippen LogP contribution in [0.4, 0.5) is 18.9 Å². The minimum Gasteiger partial charge on any atom is -0.399 e. The molecule has 0 spiro atoms. The first-order chi connectivity index (χ1) is 6.25. The van der Waals surface area contributed by atoms with Gasteiger partial charge in [0.05, 0.1) is 13.3 Å². The average molecular weight is 198 g/mol. The highest BCUT2D eigenvalue weighted by atomic mass is 35.5. The van der Waals surface area contributed by atoms with Crippen LogP contribution in [-0.4, -0.2) is 0 Å². The van der Waals surface area contributed by atoms with E-state index in [2.05, 4.69) is 0 Å². The van der Waals surface area contributed by atoms with E-state index in [1.165, 1.54) is 0 Å². The number of anilines is 1. The van der Waals surface area contributed by atoms with Gasteiger partial charge in [-0.25, -0.2) is 0 Å². The molecule has 0 aliphatic carbocycles. The topological polar surface area (TPSA) is 26.0 Å². The molecule has 2 N–H and O–H groups in total. The quantitative estimate of drug-likeness (QED) is 0.636. The van der Waals surface area contributed by atoms with Gasteiger partial charge in [-0.1, -0.05) is 11.6 Å². The van der Waals surface area contributed by atoms with Crippen molar-refractivity contribution in [2.75, 3.05) is 5.73 Å². The highest BCUT2D eigenvalue weighted by molar-refractivity contribution is 6.31. The number of benzene rings is 1. The molecule has 1 nitrogen and oxygen atoms in total. The maximum Gasteiger partial charge on any atom is 0.417 e. The lowest BCUT2D eigenvalue weighted by Crippen LogP contribution is -2.06. The molecule has 12 heavy (non-hydrogen) atoms. The van der Waals surface area contributed by atoms with E-state index in [9.17, 15) is 13.2 Å². The number of hydrogen-bond acceptors (Lipinski definition) is 1. The largest absolute Gasteiger partial charge is 0.417 e. The van der Waals surface area contributed by atoms with Crippen LogP contribution >= 0.6 is 11.6 Å². The Bertz CT molecular complexity index is 378. The van der Waals surface area contributed by atoms with Crippen LogP contribution in [-0.2, 0) is 6.18 Å². The number of halogens is 4. The fourth-order valence-electron chi connectivity index (χ4n) is 0.650. The summed E-state index contributed by atoms with van der Waals surface area (Å²) in [6.07, 6.45) is -4.73. The zero-order valence-electron chi connectivity index (χ0n) is 7.67. The van der Waals surface area contributed by atoms with Crippen molar-refractivity contribution < 1.29 is 15.9 Å². The lowest BCUT2D eigenvalue weighted by Gasteiger charge is -2.08. The Morgan fingerprint density at radius 2 is 2.08 bits per heavy atom. The van der Waals surface area contributed by atoms with Crippen LogP contribution in [0.2, 0.25) is 5.02 Å². The summed E-state index contributed by atoms with van der Waals surface area (Å²) < 4.78 is 51.1. The van der Waals surface area contributed by atoms with Crippen LogP contribution in [0.3, 0.4) is 0 Å². The van der Waals surface area contributed by atoms with Crippen molar-refractivity contribution in [3.8, 4) is 0 Å². The maximum atomic E-state index is 12.3. The van der Waals surface area contributed by atoms with Crippen LogP contribution in [0.15, 0.2) is 18.2 Å². The minimum atomic E-state index is -4.73. The minimum absolute atomic E-state index is 0.381. The highest BCUT2D eigenvalue weighted by Gasteiger charge is 2.33. The predicted molar refractivity (Wildman–Crippen MR) is 40.9 cm³/mol. The summed E-state index contributed by atoms with van der Waals surface area (Å²) in [6, 6.07) is -0.555. The molecule has 0 aliphatic heterocycles. The summed E-state index contributed by atoms with van der Waals surface area (Å²) in [5.41, 5.74) is 3.29. The molecule has 0 amide bonds. The van der Waals surface area contributed by atoms with Gasteiger partial charge in [-0.3, -0.25) is 0 Å². The highest BCUT2D eigenvalue weighted by Crippen LogP contribution is 2.35. The first kappa shape index (κ1) is 6.60. The van der Waals surface area contributed by atoms with Crippen LogP contribution in [0.5, 0.6) is 0 Å². The predicted octanol–water partition coefficient (Wildman–Crippen LogP) is 2.94. The van der Waals surface area contributed by atoms with Crippen molar-refractivity contribution in [2.24, 2.45) is 0 Å². The number of hydrogen-bond donors (Lipinski definition) is 1. The van der Waals surface area contributed by atoms with Crippen molar-refractivity contribution >= 4 is 17.3 Å². The van der Waals surface area contributed by atoms with E-state index in [1.54, 1.807) is 0 Å². The van der Waals surface area contributed by atoms with Crippen molar-refractivity contribution in [1.29, 1.82) is 0 Å². The molecule has 0 bridgehead atoms. The normalized spacial score (nSPS) is 14.0. The third-order valence-corrected chi connectivity index (χ3v) is 1.43. The SMILES string of the molecule is [2H]c1cc(Cl)c(C(F)(F)F)c([2H])c1N. The number of rotatable bonds is 0. The Labute approximate surface area is 74.7 Å². The molecule has 0 saturated heterocycles. The van der Waals surface area contributed by atoms with E-state index in [-0.39, 0.29) is 6.04 Å². The third kappa shape index (κ3) is 1.82. The Balaban J connectivity index is 3.53. The fourth-order valence-corrected chi connectivity index (χ4v) is 0.859. The third-order valence-electron chi connectivity index (χ3n) is 1.14. The number of alkyl halides is 3. The molecule has 66 valence electrons. The molecule has 0 aliphatic rings. The van der Waals surface area contributed by atoms with E-state index in [0.717, 1.165) is 6.07 Å². The lowest BCUT2D eigenvalue weighted by molar-refractivity contribution is -0.137. The number of nitrogen functional groups attached to an aromatic ring is 1. The van der Waals surface area contributed by atoms with E-state index >= 15 is 0 Å². The molecular formula is C7H5ClF3N. The second-order valence-corrected chi connectivity index (χ2v) is 2.46. The molecule has 0 saturated carbocycles. The molecular weight excluding hydrogens is 191 g/mol. The number of nitrogens with two attached hydrogens (primary N) is 1. The van der Waals surface area contributed by atoms with Crippen molar-refractivity contribution in [3.05, 3.63) is 28.7 Å².